The summed E-state index contributed by atoms with van der Waals surface area (Å²) in [6, 6.07) is 2.00. The SMILES string of the molecule is COc1cnc(Cl)c(N=CN(C)C)c1C#N. The molecule has 0 fully saturated rings. The van der Waals surface area contributed by atoms with Crippen LogP contribution in [-0.4, -0.2) is 37.4 Å². The first-order valence-electron chi connectivity index (χ1n) is 4.43. The van der Waals surface area contributed by atoms with Crippen LogP contribution in [0.5, 0.6) is 5.75 Å². The van der Waals surface area contributed by atoms with Gasteiger partial charge in [-0.25, -0.2) is 9.98 Å². The maximum Gasteiger partial charge on any atom is 0.157 e. The quantitative estimate of drug-likeness (QED) is 0.458. The zero-order valence-electron chi connectivity index (χ0n) is 9.23. The first-order chi connectivity index (χ1) is 7.60. The van der Waals surface area contributed by atoms with Crippen molar-refractivity contribution in [2.75, 3.05) is 21.2 Å². The summed E-state index contributed by atoms with van der Waals surface area (Å²) >= 11 is 5.87. The van der Waals surface area contributed by atoms with Crippen LogP contribution in [0.25, 0.3) is 0 Å². The second-order valence-corrected chi connectivity index (χ2v) is 3.52. The van der Waals surface area contributed by atoms with Gasteiger partial charge in [0, 0.05) is 14.1 Å². The minimum absolute atomic E-state index is 0.176. The average molecular weight is 239 g/mol. The van der Waals surface area contributed by atoms with Crippen LogP contribution in [-0.2, 0) is 0 Å². The Morgan fingerprint density at radius 2 is 2.31 bits per heavy atom. The Morgan fingerprint density at radius 3 is 2.81 bits per heavy atom. The molecule has 1 heterocycles. The Hall–Kier alpha value is -1.80. The molecule has 6 heteroatoms. The van der Waals surface area contributed by atoms with E-state index in [1.807, 2.05) is 20.2 Å². The van der Waals surface area contributed by atoms with Gasteiger partial charge in [-0.05, 0) is 0 Å². The number of methoxy groups -OCH3 is 1. The normalized spacial score (nSPS) is 10.2. The zero-order chi connectivity index (χ0) is 12.1. The average Bonchev–Trinajstić information content (AvgIpc) is 2.26. The van der Waals surface area contributed by atoms with E-state index in [1.54, 1.807) is 11.2 Å². The number of hydrogen-bond donors (Lipinski definition) is 0. The fourth-order valence-corrected chi connectivity index (χ4v) is 1.21. The lowest BCUT2D eigenvalue weighted by atomic mass is 10.2. The third kappa shape index (κ3) is 2.61. The molecule has 0 aliphatic carbocycles. The van der Waals surface area contributed by atoms with E-state index in [9.17, 15) is 0 Å². The van der Waals surface area contributed by atoms with E-state index < -0.39 is 0 Å². The van der Waals surface area contributed by atoms with Crippen LogP contribution >= 0.6 is 11.6 Å². The fourth-order valence-electron chi connectivity index (χ4n) is 1.01. The van der Waals surface area contributed by atoms with Gasteiger partial charge in [0.15, 0.2) is 10.9 Å². The molecule has 0 aliphatic heterocycles. The van der Waals surface area contributed by atoms with E-state index in [4.69, 9.17) is 21.6 Å². The Bertz CT molecular complexity index is 451. The van der Waals surface area contributed by atoms with Gasteiger partial charge in [-0.2, -0.15) is 5.26 Å². The summed E-state index contributed by atoms with van der Waals surface area (Å²) in [7, 11) is 5.10. The number of pyridine rings is 1. The minimum Gasteiger partial charge on any atom is -0.494 e. The van der Waals surface area contributed by atoms with Crippen LogP contribution in [0.3, 0.4) is 0 Å². The monoisotopic (exact) mass is 238 g/mol. The van der Waals surface area contributed by atoms with Crippen molar-refractivity contribution in [3.05, 3.63) is 16.9 Å². The summed E-state index contributed by atoms with van der Waals surface area (Å²) in [5, 5.41) is 9.19. The first kappa shape index (κ1) is 12.3. The molecule has 84 valence electrons. The predicted molar refractivity (Wildman–Crippen MR) is 62.4 cm³/mol. The molecule has 0 aromatic carbocycles. The molecular weight excluding hydrogens is 228 g/mol. The summed E-state index contributed by atoms with van der Waals surface area (Å²) in [6.45, 7) is 0. The van der Waals surface area contributed by atoms with Crippen molar-refractivity contribution in [1.29, 1.82) is 5.26 Å². The van der Waals surface area contributed by atoms with Crippen molar-refractivity contribution in [3.63, 3.8) is 0 Å². The lowest BCUT2D eigenvalue weighted by Crippen LogP contribution is -2.07. The molecule has 5 nitrogen and oxygen atoms in total. The summed E-state index contributed by atoms with van der Waals surface area (Å²) in [4.78, 5) is 9.72. The number of nitriles is 1. The third-order valence-electron chi connectivity index (χ3n) is 1.72. The van der Waals surface area contributed by atoms with E-state index in [-0.39, 0.29) is 10.7 Å². The standard InChI is InChI=1S/C10H11ClN4O/c1-15(2)6-14-9-7(4-12)8(16-3)5-13-10(9)11/h5-6H,1-3H3. The van der Waals surface area contributed by atoms with Crippen LogP contribution in [0, 0.1) is 11.3 Å². The highest BCUT2D eigenvalue weighted by Crippen LogP contribution is 2.32. The van der Waals surface area contributed by atoms with Crippen molar-refractivity contribution < 1.29 is 4.74 Å². The highest BCUT2D eigenvalue weighted by molar-refractivity contribution is 6.32. The summed E-state index contributed by atoms with van der Waals surface area (Å²) in [6.07, 6.45) is 2.94. The maximum absolute atomic E-state index is 9.02. The predicted octanol–water partition coefficient (Wildman–Crippen LogP) is 1.84. The summed E-state index contributed by atoms with van der Waals surface area (Å²) in [5.74, 6) is 0.359. The third-order valence-corrected chi connectivity index (χ3v) is 2.00. The van der Waals surface area contributed by atoms with E-state index >= 15 is 0 Å². The van der Waals surface area contributed by atoms with Gasteiger partial charge < -0.3 is 9.64 Å². The molecule has 0 bridgehead atoms. The molecule has 16 heavy (non-hydrogen) atoms. The van der Waals surface area contributed by atoms with Gasteiger partial charge in [-0.15, -0.1) is 0 Å². The van der Waals surface area contributed by atoms with Gasteiger partial charge >= 0.3 is 0 Å². The molecule has 0 N–H and O–H groups in total. The minimum atomic E-state index is 0.176. The van der Waals surface area contributed by atoms with E-state index in [0.717, 1.165) is 0 Å². The Morgan fingerprint density at radius 1 is 1.62 bits per heavy atom. The van der Waals surface area contributed by atoms with Crippen LogP contribution < -0.4 is 4.74 Å². The van der Waals surface area contributed by atoms with Crippen molar-refractivity contribution >= 4 is 23.6 Å². The smallest absolute Gasteiger partial charge is 0.157 e. The Labute approximate surface area is 98.9 Å². The molecule has 0 saturated heterocycles. The second-order valence-electron chi connectivity index (χ2n) is 3.16. The van der Waals surface area contributed by atoms with Gasteiger partial charge in [0.25, 0.3) is 0 Å². The summed E-state index contributed by atoms with van der Waals surface area (Å²) < 4.78 is 5.01. The molecular formula is C10H11ClN4O. The lowest BCUT2D eigenvalue weighted by Gasteiger charge is -2.07. The maximum atomic E-state index is 9.02. The van der Waals surface area contributed by atoms with Crippen molar-refractivity contribution in [1.82, 2.24) is 9.88 Å². The molecule has 1 aromatic heterocycles. The molecule has 0 saturated carbocycles. The molecule has 1 rings (SSSR count). The number of aromatic nitrogens is 1. The van der Waals surface area contributed by atoms with E-state index in [1.165, 1.54) is 13.3 Å². The van der Waals surface area contributed by atoms with Crippen molar-refractivity contribution in [2.45, 2.75) is 0 Å². The Balaban J connectivity index is 3.30. The molecule has 0 radical (unpaired) electrons. The highest BCUT2D eigenvalue weighted by Gasteiger charge is 2.13. The zero-order valence-corrected chi connectivity index (χ0v) is 9.99. The number of halogens is 1. The molecule has 0 unspecified atom stereocenters. The van der Waals surface area contributed by atoms with Crippen LogP contribution in [0.4, 0.5) is 5.69 Å². The molecule has 0 atom stereocenters. The van der Waals surface area contributed by atoms with Crippen molar-refractivity contribution in [3.8, 4) is 11.8 Å². The number of nitrogens with zero attached hydrogens (tertiary/aromatic N) is 4. The number of rotatable bonds is 3. The number of hydrogen-bond acceptors (Lipinski definition) is 4. The second kappa shape index (κ2) is 5.33. The summed E-state index contributed by atoms with van der Waals surface area (Å²) in [5.41, 5.74) is 0.595. The van der Waals surface area contributed by atoms with Gasteiger partial charge in [0.2, 0.25) is 0 Å². The van der Waals surface area contributed by atoms with Crippen LogP contribution in [0.15, 0.2) is 11.2 Å². The van der Waals surface area contributed by atoms with Crippen LogP contribution in [0.1, 0.15) is 5.56 Å². The Kier molecular flexibility index (Phi) is 4.09. The van der Waals surface area contributed by atoms with Gasteiger partial charge in [0.1, 0.15) is 17.3 Å². The largest absolute Gasteiger partial charge is 0.494 e. The molecule has 0 amide bonds. The highest BCUT2D eigenvalue weighted by atomic mass is 35.5. The molecule has 1 aromatic rings. The first-order valence-corrected chi connectivity index (χ1v) is 4.81. The van der Waals surface area contributed by atoms with E-state index in [2.05, 4.69) is 9.98 Å². The van der Waals surface area contributed by atoms with Gasteiger partial charge in [0.05, 0.1) is 19.6 Å². The molecule has 0 spiro atoms. The topological polar surface area (TPSA) is 61.5 Å². The fraction of sp³-hybridized carbons (Fsp3) is 0.300. The number of aliphatic imine (C=N–C) groups is 1. The van der Waals surface area contributed by atoms with Crippen molar-refractivity contribution in [2.24, 2.45) is 4.99 Å². The van der Waals surface area contributed by atoms with Gasteiger partial charge in [-0.1, -0.05) is 11.6 Å². The van der Waals surface area contributed by atoms with E-state index in [0.29, 0.717) is 11.4 Å². The number of ether oxygens (including phenoxy) is 1. The van der Waals surface area contributed by atoms with Crippen LogP contribution in [0.2, 0.25) is 5.15 Å². The van der Waals surface area contributed by atoms with Gasteiger partial charge in [-0.3, -0.25) is 0 Å². The molecule has 0 aliphatic rings. The lowest BCUT2D eigenvalue weighted by molar-refractivity contribution is 0.412.